The van der Waals surface area contributed by atoms with E-state index in [1.165, 1.54) is 12.1 Å². The highest BCUT2D eigenvalue weighted by Crippen LogP contribution is 2.35. The van der Waals surface area contributed by atoms with E-state index in [0.717, 1.165) is 24.5 Å². The summed E-state index contributed by atoms with van der Waals surface area (Å²) in [6, 6.07) is 3.74. The van der Waals surface area contributed by atoms with Crippen LogP contribution in [0.15, 0.2) is 30.4 Å². The van der Waals surface area contributed by atoms with Gasteiger partial charge < -0.3 is 0 Å². The van der Waals surface area contributed by atoms with Crippen molar-refractivity contribution in [2.24, 2.45) is 0 Å². The van der Waals surface area contributed by atoms with Crippen LogP contribution in [0.2, 0.25) is 0 Å². The highest BCUT2D eigenvalue weighted by molar-refractivity contribution is 5.33. The summed E-state index contributed by atoms with van der Waals surface area (Å²) >= 11 is 0. The van der Waals surface area contributed by atoms with Gasteiger partial charge in [0.1, 0.15) is 11.6 Å². The minimum atomic E-state index is -0.499. The van der Waals surface area contributed by atoms with Crippen LogP contribution < -0.4 is 0 Å². The molecule has 0 bridgehead atoms. The third-order valence-corrected chi connectivity index (χ3v) is 2.84. The molecule has 0 radical (unpaired) electrons. The van der Waals surface area contributed by atoms with E-state index in [9.17, 15) is 8.78 Å². The highest BCUT2D eigenvalue weighted by atomic mass is 19.1. The Morgan fingerprint density at radius 3 is 2.29 bits per heavy atom. The van der Waals surface area contributed by atoms with Gasteiger partial charge in [0.2, 0.25) is 0 Å². The van der Waals surface area contributed by atoms with Crippen LogP contribution in [0.4, 0.5) is 8.78 Å². The number of hydrogen-bond acceptors (Lipinski definition) is 0. The third-order valence-electron chi connectivity index (χ3n) is 2.84. The SMILES string of the molecule is C[C@]1(c2cc(F)cc(F)c2)C=CCC1. The fourth-order valence-corrected chi connectivity index (χ4v) is 1.93. The number of halogens is 2. The lowest BCUT2D eigenvalue weighted by Gasteiger charge is -2.22. The second-order valence-corrected chi connectivity index (χ2v) is 4.02. The van der Waals surface area contributed by atoms with Crippen LogP contribution in [0.3, 0.4) is 0 Å². The van der Waals surface area contributed by atoms with Crippen LogP contribution in [0.1, 0.15) is 25.3 Å². The Kier molecular flexibility index (Phi) is 2.14. The Bertz CT molecular complexity index is 362. The van der Waals surface area contributed by atoms with Gasteiger partial charge >= 0.3 is 0 Å². The van der Waals surface area contributed by atoms with Crippen molar-refractivity contribution in [1.29, 1.82) is 0 Å². The number of hydrogen-bond donors (Lipinski definition) is 0. The summed E-state index contributed by atoms with van der Waals surface area (Å²) in [6.45, 7) is 2.00. The molecule has 0 amide bonds. The van der Waals surface area contributed by atoms with Crippen LogP contribution in [0.5, 0.6) is 0 Å². The van der Waals surface area contributed by atoms with Crippen molar-refractivity contribution >= 4 is 0 Å². The van der Waals surface area contributed by atoms with Crippen molar-refractivity contribution in [1.82, 2.24) is 0 Å². The molecule has 0 fully saturated rings. The summed E-state index contributed by atoms with van der Waals surface area (Å²) in [7, 11) is 0. The maximum Gasteiger partial charge on any atom is 0.126 e. The molecule has 0 aromatic heterocycles. The maximum atomic E-state index is 13.0. The molecular weight excluding hydrogens is 182 g/mol. The van der Waals surface area contributed by atoms with Crippen LogP contribution >= 0.6 is 0 Å². The van der Waals surface area contributed by atoms with Gasteiger partial charge in [0, 0.05) is 11.5 Å². The van der Waals surface area contributed by atoms with Crippen molar-refractivity contribution in [2.45, 2.75) is 25.2 Å². The average molecular weight is 194 g/mol. The number of rotatable bonds is 1. The monoisotopic (exact) mass is 194 g/mol. The molecule has 1 atom stereocenters. The predicted octanol–water partition coefficient (Wildman–Crippen LogP) is 3.57. The Morgan fingerprint density at radius 2 is 1.79 bits per heavy atom. The zero-order chi connectivity index (χ0) is 10.2. The summed E-state index contributed by atoms with van der Waals surface area (Å²) in [5.41, 5.74) is 0.534. The first-order chi connectivity index (χ1) is 6.60. The molecule has 0 N–H and O–H groups in total. The Labute approximate surface area is 82.3 Å². The van der Waals surface area contributed by atoms with Crippen molar-refractivity contribution in [2.75, 3.05) is 0 Å². The molecule has 74 valence electrons. The van der Waals surface area contributed by atoms with Gasteiger partial charge in [0.05, 0.1) is 0 Å². The van der Waals surface area contributed by atoms with E-state index in [-0.39, 0.29) is 5.41 Å². The molecule has 0 saturated heterocycles. The Balaban J connectivity index is 2.45. The molecule has 0 saturated carbocycles. The summed E-state index contributed by atoms with van der Waals surface area (Å²) < 4.78 is 26.0. The van der Waals surface area contributed by atoms with Gasteiger partial charge in [-0.2, -0.15) is 0 Å². The van der Waals surface area contributed by atoms with Crippen LogP contribution in [-0.4, -0.2) is 0 Å². The lowest BCUT2D eigenvalue weighted by Crippen LogP contribution is -2.15. The van der Waals surface area contributed by atoms with Gasteiger partial charge in [-0.25, -0.2) is 8.78 Å². The molecule has 1 aromatic rings. The zero-order valence-electron chi connectivity index (χ0n) is 8.06. The summed E-state index contributed by atoms with van der Waals surface area (Å²) in [6.07, 6.45) is 5.99. The number of allylic oxidation sites excluding steroid dienone is 2. The molecule has 0 heterocycles. The van der Waals surface area contributed by atoms with Crippen LogP contribution in [-0.2, 0) is 5.41 Å². The first kappa shape index (κ1) is 9.38. The van der Waals surface area contributed by atoms with E-state index >= 15 is 0 Å². The largest absolute Gasteiger partial charge is 0.207 e. The molecule has 2 rings (SSSR count). The Morgan fingerprint density at radius 1 is 1.14 bits per heavy atom. The van der Waals surface area contributed by atoms with Crippen molar-refractivity contribution in [3.8, 4) is 0 Å². The fourth-order valence-electron chi connectivity index (χ4n) is 1.93. The standard InChI is InChI=1S/C12H12F2/c1-12(4-2-3-5-12)9-6-10(13)8-11(14)7-9/h2,4,6-8H,3,5H2,1H3/t12-/m0/s1. The molecule has 0 unspecified atom stereocenters. The highest BCUT2D eigenvalue weighted by Gasteiger charge is 2.26. The van der Waals surface area contributed by atoms with Crippen molar-refractivity contribution < 1.29 is 8.78 Å². The van der Waals surface area contributed by atoms with Gasteiger partial charge in [0.25, 0.3) is 0 Å². The summed E-state index contributed by atoms with van der Waals surface area (Å²) in [5, 5.41) is 0. The predicted molar refractivity (Wildman–Crippen MR) is 52.1 cm³/mol. The molecule has 2 heteroatoms. The molecular formula is C12H12F2. The van der Waals surface area contributed by atoms with Gasteiger partial charge in [-0.1, -0.05) is 19.1 Å². The molecule has 1 aliphatic rings. The third kappa shape index (κ3) is 1.57. The Hall–Kier alpha value is -1.18. The van der Waals surface area contributed by atoms with Crippen LogP contribution in [0, 0.1) is 11.6 Å². The first-order valence-corrected chi connectivity index (χ1v) is 4.74. The second kappa shape index (κ2) is 3.19. The lowest BCUT2D eigenvalue weighted by molar-refractivity contribution is 0.542. The van der Waals surface area contributed by atoms with Crippen LogP contribution in [0.25, 0.3) is 0 Å². The topological polar surface area (TPSA) is 0 Å². The lowest BCUT2D eigenvalue weighted by atomic mass is 9.82. The minimum Gasteiger partial charge on any atom is -0.207 e. The van der Waals surface area contributed by atoms with E-state index in [4.69, 9.17) is 0 Å². The molecule has 14 heavy (non-hydrogen) atoms. The van der Waals surface area contributed by atoms with Gasteiger partial charge in [-0.15, -0.1) is 0 Å². The number of benzene rings is 1. The molecule has 1 aromatic carbocycles. The van der Waals surface area contributed by atoms with E-state index < -0.39 is 11.6 Å². The van der Waals surface area contributed by atoms with Gasteiger partial charge in [-0.3, -0.25) is 0 Å². The summed E-state index contributed by atoms with van der Waals surface area (Å²) in [5.74, 6) is -0.997. The smallest absolute Gasteiger partial charge is 0.126 e. The second-order valence-electron chi connectivity index (χ2n) is 4.02. The van der Waals surface area contributed by atoms with Crippen molar-refractivity contribution in [3.63, 3.8) is 0 Å². The quantitative estimate of drug-likeness (QED) is 0.599. The molecule has 0 spiro atoms. The average Bonchev–Trinajstić information content (AvgIpc) is 2.52. The maximum absolute atomic E-state index is 13.0. The van der Waals surface area contributed by atoms with E-state index in [1.807, 2.05) is 13.0 Å². The minimum absolute atomic E-state index is 0.192. The van der Waals surface area contributed by atoms with E-state index in [1.54, 1.807) is 0 Å². The molecule has 0 aliphatic heterocycles. The van der Waals surface area contributed by atoms with Crippen molar-refractivity contribution in [3.05, 3.63) is 47.5 Å². The van der Waals surface area contributed by atoms with E-state index in [2.05, 4.69) is 6.08 Å². The molecule has 0 nitrogen and oxygen atoms in total. The van der Waals surface area contributed by atoms with Gasteiger partial charge in [-0.05, 0) is 30.5 Å². The normalized spacial score (nSPS) is 25.6. The summed E-state index contributed by atoms with van der Waals surface area (Å²) in [4.78, 5) is 0. The molecule has 1 aliphatic carbocycles. The fraction of sp³-hybridized carbons (Fsp3) is 0.333. The first-order valence-electron chi connectivity index (χ1n) is 4.74. The zero-order valence-corrected chi connectivity index (χ0v) is 8.06. The van der Waals surface area contributed by atoms with E-state index in [0.29, 0.717) is 0 Å². The van der Waals surface area contributed by atoms with Gasteiger partial charge in [0.15, 0.2) is 0 Å².